The van der Waals surface area contributed by atoms with E-state index in [1.807, 2.05) is 0 Å². The molecule has 1 aromatic rings. The number of rotatable bonds is 5. The van der Waals surface area contributed by atoms with Crippen LogP contribution in [-0.4, -0.2) is 23.7 Å². The Hall–Kier alpha value is -1.90. The van der Waals surface area contributed by atoms with Crippen LogP contribution < -0.4 is 10.6 Å². The fourth-order valence-corrected chi connectivity index (χ4v) is 1.96. The summed E-state index contributed by atoms with van der Waals surface area (Å²) >= 11 is 11.6. The second-order valence-electron chi connectivity index (χ2n) is 3.80. The van der Waals surface area contributed by atoms with Crippen LogP contribution in [-0.2, 0) is 0 Å². The maximum atomic E-state index is 11.6. The van der Waals surface area contributed by atoms with Crippen LogP contribution in [0.3, 0.4) is 0 Å². The molecule has 0 unspecified atom stereocenters. The molecule has 0 fully saturated rings. The minimum atomic E-state index is -1.24. The van der Waals surface area contributed by atoms with Crippen molar-refractivity contribution in [3.05, 3.63) is 27.7 Å². The molecule has 20 heavy (non-hydrogen) atoms. The van der Waals surface area contributed by atoms with Gasteiger partial charge in [0, 0.05) is 18.0 Å². The number of urea groups is 1. The van der Waals surface area contributed by atoms with Gasteiger partial charge in [0.2, 0.25) is 0 Å². The SMILES string of the molecule is C#CCCCNC(=O)Nc1c(Cl)cc(Cl)cc1C(=O)O. The average Bonchev–Trinajstić information content (AvgIpc) is 2.37. The monoisotopic (exact) mass is 314 g/mol. The highest BCUT2D eigenvalue weighted by atomic mass is 35.5. The molecule has 1 aromatic carbocycles. The molecule has 3 N–H and O–H groups in total. The number of halogens is 2. The summed E-state index contributed by atoms with van der Waals surface area (Å²) in [5, 5.41) is 14.2. The summed E-state index contributed by atoms with van der Waals surface area (Å²) in [6, 6.07) is 2.00. The summed E-state index contributed by atoms with van der Waals surface area (Å²) in [6.07, 6.45) is 6.26. The van der Waals surface area contributed by atoms with Gasteiger partial charge in [-0.1, -0.05) is 23.2 Å². The molecule has 0 aliphatic carbocycles. The summed E-state index contributed by atoms with van der Waals surface area (Å²) in [4.78, 5) is 22.7. The third kappa shape index (κ3) is 4.65. The largest absolute Gasteiger partial charge is 0.478 e. The van der Waals surface area contributed by atoms with Gasteiger partial charge in [0.25, 0.3) is 0 Å². The lowest BCUT2D eigenvalue weighted by Crippen LogP contribution is -2.30. The summed E-state index contributed by atoms with van der Waals surface area (Å²) < 4.78 is 0. The normalized spacial score (nSPS) is 9.65. The second-order valence-corrected chi connectivity index (χ2v) is 4.65. The van der Waals surface area contributed by atoms with Crippen molar-refractivity contribution in [1.82, 2.24) is 5.32 Å². The van der Waals surface area contributed by atoms with Gasteiger partial charge in [-0.25, -0.2) is 9.59 Å². The van der Waals surface area contributed by atoms with Crippen molar-refractivity contribution in [1.29, 1.82) is 0 Å². The van der Waals surface area contributed by atoms with E-state index in [9.17, 15) is 9.59 Å². The summed E-state index contributed by atoms with van der Waals surface area (Å²) in [5.74, 6) is 1.21. The van der Waals surface area contributed by atoms with Crippen LogP contribution in [0, 0.1) is 12.3 Å². The smallest absolute Gasteiger partial charge is 0.337 e. The number of anilines is 1. The lowest BCUT2D eigenvalue weighted by atomic mass is 10.2. The van der Waals surface area contributed by atoms with Gasteiger partial charge in [-0.05, 0) is 18.6 Å². The van der Waals surface area contributed by atoms with Crippen LogP contribution in [0.2, 0.25) is 10.0 Å². The van der Waals surface area contributed by atoms with E-state index in [1.54, 1.807) is 0 Å². The number of aromatic carboxylic acids is 1. The number of unbranched alkanes of at least 4 members (excludes halogenated alkanes) is 1. The Morgan fingerprint density at radius 1 is 1.35 bits per heavy atom. The van der Waals surface area contributed by atoms with Gasteiger partial charge in [-0.15, -0.1) is 12.3 Å². The second kappa shape index (κ2) is 7.63. The van der Waals surface area contributed by atoms with Gasteiger partial charge in [0.15, 0.2) is 0 Å². The highest BCUT2D eigenvalue weighted by Crippen LogP contribution is 2.30. The predicted octanol–water partition coefficient (Wildman–Crippen LogP) is 3.23. The number of terminal acetylenes is 1. The molecule has 0 aliphatic rings. The molecule has 7 heteroatoms. The molecule has 0 saturated carbocycles. The minimum absolute atomic E-state index is 0.00184. The van der Waals surface area contributed by atoms with Crippen LogP contribution in [0.1, 0.15) is 23.2 Å². The van der Waals surface area contributed by atoms with E-state index in [2.05, 4.69) is 16.6 Å². The molecular formula is C13H12Cl2N2O3. The molecule has 5 nitrogen and oxygen atoms in total. The standard InChI is InChI=1S/C13H12Cl2N2O3/c1-2-3-4-5-16-13(20)17-11-9(12(18)19)6-8(14)7-10(11)15/h1,6-7H,3-5H2,(H,18,19)(H2,16,17,20). The molecule has 1 rings (SSSR count). The number of carboxylic acids is 1. The van der Waals surface area contributed by atoms with Crippen LogP contribution in [0.15, 0.2) is 12.1 Å². The zero-order chi connectivity index (χ0) is 15.1. The molecular weight excluding hydrogens is 303 g/mol. The lowest BCUT2D eigenvalue weighted by Gasteiger charge is -2.11. The number of hydrogen-bond acceptors (Lipinski definition) is 2. The van der Waals surface area contributed by atoms with Gasteiger partial charge in [-0.2, -0.15) is 0 Å². The molecule has 2 amide bonds. The molecule has 0 radical (unpaired) electrons. The fraction of sp³-hybridized carbons (Fsp3) is 0.231. The van der Waals surface area contributed by atoms with Crippen LogP contribution in [0.25, 0.3) is 0 Å². The van der Waals surface area contributed by atoms with Crippen molar-refractivity contribution in [3.8, 4) is 12.3 Å². The average molecular weight is 315 g/mol. The molecule has 0 atom stereocenters. The highest BCUT2D eigenvalue weighted by Gasteiger charge is 2.17. The molecule has 0 aromatic heterocycles. The number of benzene rings is 1. The first-order chi connectivity index (χ1) is 9.45. The van der Waals surface area contributed by atoms with Gasteiger partial charge in [-0.3, -0.25) is 0 Å². The van der Waals surface area contributed by atoms with Crippen molar-refractivity contribution in [2.24, 2.45) is 0 Å². The Balaban J connectivity index is 2.79. The van der Waals surface area contributed by atoms with Gasteiger partial charge in [0.1, 0.15) is 0 Å². The Kier molecular flexibility index (Phi) is 6.16. The number of amides is 2. The minimum Gasteiger partial charge on any atom is -0.478 e. The van der Waals surface area contributed by atoms with Gasteiger partial charge in [0.05, 0.1) is 16.3 Å². The van der Waals surface area contributed by atoms with Crippen molar-refractivity contribution >= 4 is 40.9 Å². The first-order valence-electron chi connectivity index (χ1n) is 5.66. The maximum absolute atomic E-state index is 11.6. The quantitative estimate of drug-likeness (QED) is 0.576. The third-order valence-electron chi connectivity index (χ3n) is 2.31. The van der Waals surface area contributed by atoms with Crippen LogP contribution in [0.5, 0.6) is 0 Å². The van der Waals surface area contributed by atoms with Gasteiger partial charge >= 0.3 is 12.0 Å². The number of carbonyl (C=O) groups is 2. The first-order valence-corrected chi connectivity index (χ1v) is 6.42. The number of carbonyl (C=O) groups excluding carboxylic acids is 1. The van der Waals surface area contributed by atoms with Crippen molar-refractivity contribution in [2.45, 2.75) is 12.8 Å². The topological polar surface area (TPSA) is 78.4 Å². The van der Waals surface area contributed by atoms with E-state index >= 15 is 0 Å². The van der Waals surface area contributed by atoms with Crippen LogP contribution in [0.4, 0.5) is 10.5 Å². The van der Waals surface area contributed by atoms with Crippen LogP contribution >= 0.6 is 23.2 Å². The van der Waals surface area contributed by atoms with Gasteiger partial charge < -0.3 is 15.7 Å². The van der Waals surface area contributed by atoms with Crippen molar-refractivity contribution in [3.63, 3.8) is 0 Å². The molecule has 0 saturated heterocycles. The molecule has 0 spiro atoms. The van der Waals surface area contributed by atoms with E-state index in [-0.39, 0.29) is 21.3 Å². The lowest BCUT2D eigenvalue weighted by molar-refractivity contribution is 0.0698. The van der Waals surface area contributed by atoms with E-state index in [0.717, 1.165) is 0 Å². The first kappa shape index (κ1) is 16.2. The van der Waals surface area contributed by atoms with E-state index in [4.69, 9.17) is 34.7 Å². The summed E-state index contributed by atoms with van der Waals surface area (Å²) in [5.41, 5.74) is -0.181. The zero-order valence-electron chi connectivity index (χ0n) is 10.4. The Morgan fingerprint density at radius 3 is 2.65 bits per heavy atom. The predicted molar refractivity (Wildman–Crippen MR) is 78.5 cm³/mol. The zero-order valence-corrected chi connectivity index (χ0v) is 11.9. The maximum Gasteiger partial charge on any atom is 0.337 e. The summed E-state index contributed by atoms with van der Waals surface area (Å²) in [7, 11) is 0. The fourth-order valence-electron chi connectivity index (χ4n) is 1.42. The highest BCUT2D eigenvalue weighted by molar-refractivity contribution is 6.37. The van der Waals surface area contributed by atoms with Crippen molar-refractivity contribution < 1.29 is 14.7 Å². The Bertz CT molecular complexity index is 567. The van der Waals surface area contributed by atoms with E-state index in [0.29, 0.717) is 19.4 Å². The summed E-state index contributed by atoms with van der Waals surface area (Å²) in [6.45, 7) is 0.379. The molecule has 0 heterocycles. The third-order valence-corrected chi connectivity index (χ3v) is 2.82. The van der Waals surface area contributed by atoms with Crippen molar-refractivity contribution in [2.75, 3.05) is 11.9 Å². The van der Waals surface area contributed by atoms with E-state index in [1.165, 1.54) is 12.1 Å². The Labute approximate surface area is 126 Å². The Morgan fingerprint density at radius 2 is 2.05 bits per heavy atom. The molecule has 106 valence electrons. The number of nitrogens with one attached hydrogen (secondary N) is 2. The van der Waals surface area contributed by atoms with E-state index < -0.39 is 12.0 Å². The molecule has 0 aliphatic heterocycles. The number of hydrogen-bond donors (Lipinski definition) is 3. The molecule has 0 bridgehead atoms. The number of carboxylic acid groups (broad SMARTS) is 1.